The molecule has 0 spiro atoms. The van der Waals surface area contributed by atoms with E-state index in [1.807, 2.05) is 6.07 Å². The van der Waals surface area contributed by atoms with Crippen molar-refractivity contribution >= 4 is 37.8 Å². The molecule has 16 heavy (non-hydrogen) atoms. The Morgan fingerprint density at radius 1 is 1.56 bits per heavy atom. The lowest BCUT2D eigenvalue weighted by Crippen LogP contribution is -2.46. The Labute approximate surface area is 111 Å². The molecule has 0 fully saturated rings. The molecule has 0 bridgehead atoms. The van der Waals surface area contributed by atoms with E-state index in [0.717, 1.165) is 10.2 Å². The predicted molar refractivity (Wildman–Crippen MR) is 67.0 cm³/mol. The third-order valence-corrected chi connectivity index (χ3v) is 3.81. The summed E-state index contributed by atoms with van der Waals surface area (Å²) < 4.78 is 11.5. The Kier molecular flexibility index (Phi) is 4.58. The summed E-state index contributed by atoms with van der Waals surface area (Å²) in [6.07, 6.45) is 0. The van der Waals surface area contributed by atoms with Gasteiger partial charge in [-0.15, -0.1) is 0 Å². The molecule has 0 aromatic carbocycles. The molecule has 1 N–H and O–H groups in total. The van der Waals surface area contributed by atoms with E-state index in [4.69, 9.17) is 4.42 Å². The van der Waals surface area contributed by atoms with Crippen LogP contribution in [0.25, 0.3) is 0 Å². The number of furan rings is 1. The molecule has 90 valence electrons. The molecule has 0 aliphatic carbocycles. The van der Waals surface area contributed by atoms with Gasteiger partial charge in [0, 0.05) is 0 Å². The lowest BCUT2D eigenvalue weighted by Gasteiger charge is -2.22. The zero-order valence-corrected chi connectivity index (χ0v) is 12.4. The first-order valence-electron chi connectivity index (χ1n) is 4.64. The fraction of sp³-hybridized carbons (Fsp3) is 0.500. The highest BCUT2D eigenvalue weighted by atomic mass is 79.9. The second kappa shape index (κ2) is 5.33. The quantitative estimate of drug-likeness (QED) is 0.845. The van der Waals surface area contributed by atoms with Gasteiger partial charge in [0.15, 0.2) is 4.67 Å². The number of hydrogen-bond acceptors (Lipinski definition) is 4. The molecule has 0 atom stereocenters. The molecule has 0 unspecified atom stereocenters. The van der Waals surface area contributed by atoms with Gasteiger partial charge in [0.25, 0.3) is 0 Å². The van der Waals surface area contributed by atoms with E-state index in [-0.39, 0.29) is 5.97 Å². The maximum absolute atomic E-state index is 11.4. The lowest BCUT2D eigenvalue weighted by molar-refractivity contribution is -0.147. The molecular formula is C10H13Br2NO3. The molecule has 1 rings (SSSR count). The van der Waals surface area contributed by atoms with E-state index in [9.17, 15) is 4.79 Å². The highest BCUT2D eigenvalue weighted by molar-refractivity contribution is 9.13. The second-order valence-corrected chi connectivity index (χ2v) is 5.38. The summed E-state index contributed by atoms with van der Waals surface area (Å²) in [6, 6.07) is 1.84. The number of halogens is 2. The summed E-state index contributed by atoms with van der Waals surface area (Å²) in [4.78, 5) is 11.4. The molecule has 0 radical (unpaired) electrons. The van der Waals surface area contributed by atoms with Crippen molar-refractivity contribution in [1.29, 1.82) is 0 Å². The van der Waals surface area contributed by atoms with E-state index in [0.29, 0.717) is 11.2 Å². The molecular weight excluding hydrogens is 342 g/mol. The van der Waals surface area contributed by atoms with E-state index in [1.54, 1.807) is 13.8 Å². The van der Waals surface area contributed by atoms with Crippen LogP contribution < -0.4 is 5.32 Å². The number of methoxy groups -OCH3 is 1. The topological polar surface area (TPSA) is 51.5 Å². The van der Waals surface area contributed by atoms with Crippen LogP contribution in [-0.4, -0.2) is 18.6 Å². The number of rotatable bonds is 4. The zero-order valence-electron chi connectivity index (χ0n) is 9.27. The van der Waals surface area contributed by atoms with Crippen molar-refractivity contribution in [1.82, 2.24) is 5.32 Å². The van der Waals surface area contributed by atoms with E-state index >= 15 is 0 Å². The summed E-state index contributed by atoms with van der Waals surface area (Å²) in [5, 5.41) is 3.06. The molecule has 0 aliphatic rings. The van der Waals surface area contributed by atoms with Crippen LogP contribution in [0.15, 0.2) is 19.6 Å². The normalized spacial score (nSPS) is 11.6. The largest absolute Gasteiger partial charge is 0.468 e. The Morgan fingerprint density at radius 3 is 2.62 bits per heavy atom. The summed E-state index contributed by atoms with van der Waals surface area (Å²) in [5.41, 5.74) is -0.736. The minimum absolute atomic E-state index is 0.308. The maximum Gasteiger partial charge on any atom is 0.325 e. The van der Waals surface area contributed by atoms with Crippen LogP contribution in [0.5, 0.6) is 0 Å². The van der Waals surface area contributed by atoms with Crippen LogP contribution in [-0.2, 0) is 16.1 Å². The van der Waals surface area contributed by atoms with Crippen molar-refractivity contribution in [3.05, 3.63) is 21.0 Å². The van der Waals surface area contributed by atoms with Crippen molar-refractivity contribution in [3.8, 4) is 0 Å². The first-order valence-corrected chi connectivity index (χ1v) is 6.22. The van der Waals surface area contributed by atoms with Crippen molar-refractivity contribution in [2.24, 2.45) is 0 Å². The standard InChI is InChI=1S/C10H13Br2NO3/c1-10(2,9(14)15-3)13-5-6-4-7(11)8(12)16-6/h4,13H,5H2,1-3H3. The van der Waals surface area contributed by atoms with E-state index in [1.165, 1.54) is 7.11 Å². The zero-order chi connectivity index (χ0) is 12.3. The highest BCUT2D eigenvalue weighted by Crippen LogP contribution is 2.26. The first-order chi connectivity index (χ1) is 7.36. The summed E-state index contributed by atoms with van der Waals surface area (Å²) in [5.74, 6) is 0.424. The molecule has 1 heterocycles. The minimum atomic E-state index is -0.736. The second-order valence-electron chi connectivity index (χ2n) is 3.80. The number of ether oxygens (including phenoxy) is 1. The monoisotopic (exact) mass is 353 g/mol. The number of carbonyl (C=O) groups is 1. The van der Waals surface area contributed by atoms with Crippen LogP contribution in [0.3, 0.4) is 0 Å². The van der Waals surface area contributed by atoms with Crippen molar-refractivity contribution < 1.29 is 13.9 Å². The van der Waals surface area contributed by atoms with Gasteiger partial charge >= 0.3 is 5.97 Å². The van der Waals surface area contributed by atoms with Gasteiger partial charge in [-0.25, -0.2) is 0 Å². The van der Waals surface area contributed by atoms with Gasteiger partial charge in [-0.05, 0) is 51.8 Å². The van der Waals surface area contributed by atoms with Crippen LogP contribution in [0.1, 0.15) is 19.6 Å². The Bertz CT molecular complexity index is 368. The van der Waals surface area contributed by atoms with Gasteiger partial charge in [0.1, 0.15) is 11.3 Å². The SMILES string of the molecule is COC(=O)C(C)(C)NCc1cc(Br)c(Br)o1. The summed E-state index contributed by atoms with van der Waals surface area (Å²) in [7, 11) is 1.37. The van der Waals surface area contributed by atoms with Gasteiger partial charge in [0.2, 0.25) is 0 Å². The van der Waals surface area contributed by atoms with Crippen molar-refractivity contribution in [2.45, 2.75) is 25.9 Å². The predicted octanol–water partition coefficient (Wildman–Crippen LogP) is 2.85. The number of nitrogens with one attached hydrogen (secondary N) is 1. The molecule has 6 heteroatoms. The van der Waals surface area contributed by atoms with Crippen LogP contribution in [0.2, 0.25) is 0 Å². The third-order valence-electron chi connectivity index (χ3n) is 2.10. The van der Waals surface area contributed by atoms with Crippen molar-refractivity contribution in [3.63, 3.8) is 0 Å². The van der Waals surface area contributed by atoms with Crippen LogP contribution in [0.4, 0.5) is 0 Å². The Morgan fingerprint density at radius 2 is 2.19 bits per heavy atom. The van der Waals surface area contributed by atoms with Crippen LogP contribution in [0, 0.1) is 0 Å². The smallest absolute Gasteiger partial charge is 0.325 e. The first kappa shape index (κ1) is 13.7. The Balaban J connectivity index is 2.60. The summed E-state index contributed by atoms with van der Waals surface area (Å²) in [6.45, 7) is 3.96. The number of carbonyl (C=O) groups excluding carboxylic acids is 1. The molecule has 1 aromatic heterocycles. The van der Waals surface area contributed by atoms with Gasteiger partial charge in [-0.1, -0.05) is 0 Å². The van der Waals surface area contributed by atoms with E-state index in [2.05, 4.69) is 41.9 Å². The molecule has 0 saturated carbocycles. The van der Waals surface area contributed by atoms with Gasteiger partial charge in [-0.2, -0.15) is 0 Å². The molecule has 0 aliphatic heterocycles. The Hall–Kier alpha value is -0.330. The summed E-state index contributed by atoms with van der Waals surface area (Å²) >= 11 is 6.57. The van der Waals surface area contributed by atoms with Gasteiger partial charge in [-0.3, -0.25) is 10.1 Å². The van der Waals surface area contributed by atoms with Crippen molar-refractivity contribution in [2.75, 3.05) is 7.11 Å². The fourth-order valence-electron chi connectivity index (χ4n) is 1.11. The molecule has 1 aromatic rings. The molecule has 0 amide bonds. The third kappa shape index (κ3) is 3.33. The van der Waals surface area contributed by atoms with Crippen LogP contribution >= 0.6 is 31.9 Å². The van der Waals surface area contributed by atoms with Gasteiger partial charge < -0.3 is 9.15 Å². The average molecular weight is 355 g/mol. The minimum Gasteiger partial charge on any atom is -0.468 e. The fourth-order valence-corrected chi connectivity index (χ4v) is 1.77. The number of hydrogen-bond donors (Lipinski definition) is 1. The van der Waals surface area contributed by atoms with Gasteiger partial charge in [0.05, 0.1) is 18.1 Å². The molecule has 0 saturated heterocycles. The number of esters is 1. The maximum atomic E-state index is 11.4. The van der Waals surface area contributed by atoms with E-state index < -0.39 is 5.54 Å². The lowest BCUT2D eigenvalue weighted by atomic mass is 10.1. The highest BCUT2D eigenvalue weighted by Gasteiger charge is 2.28. The molecule has 4 nitrogen and oxygen atoms in total. The average Bonchev–Trinajstić information content (AvgIpc) is 2.54.